The molecule has 0 spiro atoms. The summed E-state index contributed by atoms with van der Waals surface area (Å²) in [6.07, 6.45) is 0.884. The van der Waals surface area contributed by atoms with Gasteiger partial charge < -0.3 is 4.90 Å². The molecule has 0 radical (unpaired) electrons. The lowest BCUT2D eigenvalue weighted by atomic mass is 10.2. The van der Waals surface area contributed by atoms with Crippen molar-refractivity contribution in [2.75, 3.05) is 17.3 Å². The second kappa shape index (κ2) is 3.79. The quantitative estimate of drug-likeness (QED) is 0.678. The molecule has 1 aromatic rings. The highest BCUT2D eigenvalue weighted by Gasteiger charge is 2.23. The molecule has 0 fully saturated rings. The van der Waals surface area contributed by atoms with Crippen LogP contribution < -0.4 is 4.90 Å². The summed E-state index contributed by atoms with van der Waals surface area (Å²) in [7, 11) is 0. The van der Waals surface area contributed by atoms with Gasteiger partial charge in [0.25, 0.3) is 0 Å². The molecule has 0 aliphatic carbocycles. The second-order valence-corrected chi connectivity index (χ2v) is 3.91. The number of rotatable bonds is 1. The summed E-state index contributed by atoms with van der Waals surface area (Å²) in [6.45, 7) is 0.710. The van der Waals surface area contributed by atoms with Crippen molar-refractivity contribution in [1.29, 1.82) is 0 Å². The lowest BCUT2D eigenvalue weighted by Gasteiger charge is -2.15. The Labute approximate surface area is 92.4 Å². The normalized spacial score (nSPS) is 14.3. The van der Waals surface area contributed by atoms with Gasteiger partial charge in [0.1, 0.15) is 5.88 Å². The van der Waals surface area contributed by atoms with E-state index < -0.39 is 0 Å². The van der Waals surface area contributed by atoms with Crippen LogP contribution >= 0.6 is 23.2 Å². The molecule has 0 aromatic heterocycles. The van der Waals surface area contributed by atoms with Crippen LogP contribution in [-0.2, 0) is 11.2 Å². The number of anilines is 1. The van der Waals surface area contributed by atoms with Gasteiger partial charge in [0.15, 0.2) is 0 Å². The number of alkyl halides is 1. The predicted molar refractivity (Wildman–Crippen MR) is 58.2 cm³/mol. The number of hydrogen-bond donors (Lipinski definition) is 0. The van der Waals surface area contributed by atoms with Crippen molar-refractivity contribution < 1.29 is 4.79 Å². The number of hydrogen-bond acceptors (Lipinski definition) is 1. The van der Waals surface area contributed by atoms with Crippen LogP contribution in [0.1, 0.15) is 5.56 Å². The van der Waals surface area contributed by atoms with Crippen LogP contribution in [-0.4, -0.2) is 18.3 Å². The molecule has 1 heterocycles. The van der Waals surface area contributed by atoms with E-state index in [-0.39, 0.29) is 11.8 Å². The molecular formula is C10H9Cl2NO. The average molecular weight is 230 g/mol. The standard InChI is InChI=1S/C10H9Cl2NO/c11-6-10(14)13-4-3-7-1-2-8(12)5-9(7)13/h1-2,5H,3-4,6H2. The van der Waals surface area contributed by atoms with Gasteiger partial charge in [-0.15, -0.1) is 11.6 Å². The Bertz CT molecular complexity index is 378. The summed E-state index contributed by atoms with van der Waals surface area (Å²) in [5.74, 6) is -0.0425. The zero-order chi connectivity index (χ0) is 10.1. The molecule has 2 nitrogen and oxygen atoms in total. The Balaban J connectivity index is 2.38. The predicted octanol–water partition coefficient (Wildman–Crippen LogP) is 2.47. The zero-order valence-electron chi connectivity index (χ0n) is 7.46. The lowest BCUT2D eigenvalue weighted by Crippen LogP contribution is -2.29. The van der Waals surface area contributed by atoms with E-state index in [0.29, 0.717) is 11.6 Å². The Hall–Kier alpha value is -0.730. The van der Waals surface area contributed by atoms with E-state index in [1.165, 1.54) is 0 Å². The maximum Gasteiger partial charge on any atom is 0.241 e. The molecule has 0 saturated carbocycles. The van der Waals surface area contributed by atoms with Gasteiger partial charge in [-0.25, -0.2) is 0 Å². The van der Waals surface area contributed by atoms with E-state index in [9.17, 15) is 4.79 Å². The van der Waals surface area contributed by atoms with Crippen molar-refractivity contribution in [3.8, 4) is 0 Å². The maximum absolute atomic E-state index is 11.4. The Kier molecular flexibility index (Phi) is 2.66. The van der Waals surface area contributed by atoms with E-state index in [4.69, 9.17) is 23.2 Å². The van der Waals surface area contributed by atoms with E-state index in [1.54, 1.807) is 4.90 Å². The monoisotopic (exact) mass is 229 g/mol. The van der Waals surface area contributed by atoms with Crippen molar-refractivity contribution in [2.45, 2.75) is 6.42 Å². The van der Waals surface area contributed by atoms with Crippen molar-refractivity contribution in [2.24, 2.45) is 0 Å². The van der Waals surface area contributed by atoms with Crippen LogP contribution in [0, 0.1) is 0 Å². The molecule has 4 heteroatoms. The Morgan fingerprint density at radius 2 is 2.29 bits per heavy atom. The number of carbonyl (C=O) groups excluding carboxylic acids is 1. The molecule has 0 saturated heterocycles. The van der Waals surface area contributed by atoms with Crippen molar-refractivity contribution in [3.05, 3.63) is 28.8 Å². The SMILES string of the molecule is O=C(CCl)N1CCc2ccc(Cl)cc21. The fourth-order valence-electron chi connectivity index (χ4n) is 1.68. The van der Waals surface area contributed by atoms with E-state index in [1.807, 2.05) is 18.2 Å². The molecule has 1 aliphatic rings. The number of carbonyl (C=O) groups is 1. The van der Waals surface area contributed by atoms with Crippen molar-refractivity contribution in [1.82, 2.24) is 0 Å². The van der Waals surface area contributed by atoms with Crippen LogP contribution in [0.25, 0.3) is 0 Å². The van der Waals surface area contributed by atoms with E-state index in [2.05, 4.69) is 0 Å². The van der Waals surface area contributed by atoms with Crippen LogP contribution in [0.3, 0.4) is 0 Å². The Morgan fingerprint density at radius 1 is 1.50 bits per heavy atom. The summed E-state index contributed by atoms with van der Waals surface area (Å²) in [5.41, 5.74) is 2.07. The van der Waals surface area contributed by atoms with Gasteiger partial charge in [-0.2, -0.15) is 0 Å². The molecule has 2 rings (SSSR count). The molecule has 0 unspecified atom stereocenters. The number of nitrogens with zero attached hydrogens (tertiary/aromatic N) is 1. The summed E-state index contributed by atoms with van der Waals surface area (Å²) in [4.78, 5) is 13.1. The smallest absolute Gasteiger partial charge is 0.241 e. The molecule has 1 amide bonds. The summed E-state index contributed by atoms with van der Waals surface area (Å²) in [6, 6.07) is 5.61. The molecule has 0 bridgehead atoms. The van der Waals surface area contributed by atoms with Crippen molar-refractivity contribution in [3.63, 3.8) is 0 Å². The Morgan fingerprint density at radius 3 is 3.00 bits per heavy atom. The molecule has 0 N–H and O–H groups in total. The minimum absolute atomic E-state index is 0.0198. The first-order chi connectivity index (χ1) is 6.72. The van der Waals surface area contributed by atoms with Crippen LogP contribution in [0.2, 0.25) is 5.02 Å². The fraction of sp³-hybridized carbons (Fsp3) is 0.300. The largest absolute Gasteiger partial charge is 0.311 e. The molecular weight excluding hydrogens is 221 g/mol. The third kappa shape index (κ3) is 1.60. The number of fused-ring (bicyclic) bond motifs is 1. The fourth-order valence-corrected chi connectivity index (χ4v) is 1.99. The van der Waals surface area contributed by atoms with Gasteiger partial charge in [-0.3, -0.25) is 4.79 Å². The van der Waals surface area contributed by atoms with Crippen LogP contribution in [0.4, 0.5) is 5.69 Å². The van der Waals surface area contributed by atoms with Gasteiger partial charge in [0.2, 0.25) is 5.91 Å². The zero-order valence-corrected chi connectivity index (χ0v) is 8.98. The highest BCUT2D eigenvalue weighted by atomic mass is 35.5. The number of halogens is 2. The van der Waals surface area contributed by atoms with Gasteiger partial charge >= 0.3 is 0 Å². The third-order valence-electron chi connectivity index (χ3n) is 2.36. The van der Waals surface area contributed by atoms with Gasteiger partial charge in [0, 0.05) is 17.3 Å². The number of benzene rings is 1. The topological polar surface area (TPSA) is 20.3 Å². The summed E-state index contributed by atoms with van der Waals surface area (Å²) in [5, 5.41) is 0.651. The second-order valence-electron chi connectivity index (χ2n) is 3.20. The first-order valence-corrected chi connectivity index (χ1v) is 5.28. The van der Waals surface area contributed by atoms with E-state index >= 15 is 0 Å². The van der Waals surface area contributed by atoms with Gasteiger partial charge in [0.05, 0.1) is 0 Å². The molecule has 74 valence electrons. The lowest BCUT2D eigenvalue weighted by molar-refractivity contribution is -0.116. The van der Waals surface area contributed by atoms with Crippen LogP contribution in [0.15, 0.2) is 18.2 Å². The third-order valence-corrected chi connectivity index (χ3v) is 2.82. The number of amides is 1. The highest BCUT2D eigenvalue weighted by molar-refractivity contribution is 6.31. The van der Waals surface area contributed by atoms with Gasteiger partial charge in [-0.1, -0.05) is 17.7 Å². The first-order valence-electron chi connectivity index (χ1n) is 4.37. The molecule has 14 heavy (non-hydrogen) atoms. The van der Waals surface area contributed by atoms with Gasteiger partial charge in [-0.05, 0) is 24.1 Å². The minimum Gasteiger partial charge on any atom is -0.311 e. The van der Waals surface area contributed by atoms with E-state index in [0.717, 1.165) is 17.7 Å². The first kappa shape index (κ1) is 9.81. The summed E-state index contributed by atoms with van der Waals surface area (Å²) < 4.78 is 0. The molecule has 0 atom stereocenters. The van der Waals surface area contributed by atoms with Crippen LogP contribution in [0.5, 0.6) is 0 Å². The molecule has 1 aromatic carbocycles. The minimum atomic E-state index is -0.0623. The maximum atomic E-state index is 11.4. The average Bonchev–Trinajstić information content (AvgIpc) is 2.59. The highest BCUT2D eigenvalue weighted by Crippen LogP contribution is 2.30. The summed E-state index contributed by atoms with van der Waals surface area (Å²) >= 11 is 11.4. The van der Waals surface area contributed by atoms with Crippen molar-refractivity contribution >= 4 is 34.8 Å². The molecule has 1 aliphatic heterocycles.